The number of anilines is 2. The van der Waals surface area contributed by atoms with Crippen LogP contribution < -0.4 is 20.1 Å². The number of amides is 2. The molecule has 2 aromatic rings. The van der Waals surface area contributed by atoms with Gasteiger partial charge in [-0.15, -0.1) is 0 Å². The number of halogens is 1. The van der Waals surface area contributed by atoms with Crippen molar-refractivity contribution in [3.63, 3.8) is 0 Å². The summed E-state index contributed by atoms with van der Waals surface area (Å²) in [6.07, 6.45) is 0. The van der Waals surface area contributed by atoms with Gasteiger partial charge < -0.3 is 20.1 Å². The SMILES string of the molecule is COc1ccc(NC(=O)COc2cccc(NC(C)=O)c2)cc1Cl. The van der Waals surface area contributed by atoms with Gasteiger partial charge in [0.05, 0.1) is 12.1 Å². The van der Waals surface area contributed by atoms with Gasteiger partial charge in [-0.25, -0.2) is 0 Å². The third-order valence-electron chi connectivity index (χ3n) is 2.96. The van der Waals surface area contributed by atoms with E-state index in [1.165, 1.54) is 14.0 Å². The first-order chi connectivity index (χ1) is 11.5. The molecule has 2 aromatic carbocycles. The van der Waals surface area contributed by atoms with Crippen molar-refractivity contribution in [1.82, 2.24) is 0 Å². The number of ether oxygens (including phenoxy) is 2. The normalized spacial score (nSPS) is 9.96. The Morgan fingerprint density at radius 2 is 1.83 bits per heavy atom. The molecule has 24 heavy (non-hydrogen) atoms. The zero-order valence-corrected chi connectivity index (χ0v) is 14.0. The number of hydrogen-bond acceptors (Lipinski definition) is 4. The average Bonchev–Trinajstić information content (AvgIpc) is 2.53. The molecule has 7 heteroatoms. The van der Waals surface area contributed by atoms with Crippen LogP contribution in [-0.2, 0) is 9.59 Å². The number of nitrogens with one attached hydrogen (secondary N) is 2. The maximum absolute atomic E-state index is 11.9. The Kier molecular flexibility index (Phi) is 6.03. The smallest absolute Gasteiger partial charge is 0.262 e. The summed E-state index contributed by atoms with van der Waals surface area (Å²) in [4.78, 5) is 23.0. The second-order valence-electron chi connectivity index (χ2n) is 4.90. The third kappa shape index (κ3) is 5.17. The lowest BCUT2D eigenvalue weighted by Gasteiger charge is -2.10. The lowest BCUT2D eigenvalue weighted by atomic mass is 10.3. The van der Waals surface area contributed by atoms with Gasteiger partial charge in [-0.05, 0) is 30.3 Å². The number of rotatable bonds is 6. The summed E-state index contributed by atoms with van der Waals surface area (Å²) in [6.45, 7) is 1.24. The van der Waals surface area contributed by atoms with Gasteiger partial charge in [0.2, 0.25) is 5.91 Å². The van der Waals surface area contributed by atoms with E-state index in [0.717, 1.165) is 0 Å². The quantitative estimate of drug-likeness (QED) is 0.839. The summed E-state index contributed by atoms with van der Waals surface area (Å²) in [7, 11) is 1.52. The van der Waals surface area contributed by atoms with Gasteiger partial charge in [-0.1, -0.05) is 17.7 Å². The number of hydrogen-bond donors (Lipinski definition) is 2. The molecule has 0 heterocycles. The molecular weight excluding hydrogens is 332 g/mol. The Labute approximate surface area is 144 Å². The predicted octanol–water partition coefficient (Wildman–Crippen LogP) is 3.32. The van der Waals surface area contributed by atoms with Gasteiger partial charge in [0.1, 0.15) is 11.5 Å². The van der Waals surface area contributed by atoms with Gasteiger partial charge in [-0.2, -0.15) is 0 Å². The number of methoxy groups -OCH3 is 1. The summed E-state index contributed by atoms with van der Waals surface area (Å²) in [6, 6.07) is 11.7. The Balaban J connectivity index is 1.91. The minimum atomic E-state index is -0.332. The Hall–Kier alpha value is -2.73. The number of benzene rings is 2. The molecule has 0 aliphatic heterocycles. The van der Waals surface area contributed by atoms with Crippen LogP contribution in [0.25, 0.3) is 0 Å². The van der Waals surface area contributed by atoms with Crippen LogP contribution in [0, 0.1) is 0 Å². The van der Waals surface area contributed by atoms with Crippen LogP contribution in [0.4, 0.5) is 11.4 Å². The molecule has 2 amide bonds. The van der Waals surface area contributed by atoms with E-state index < -0.39 is 0 Å². The largest absolute Gasteiger partial charge is 0.495 e. The van der Waals surface area contributed by atoms with Crippen LogP contribution in [0.2, 0.25) is 5.02 Å². The van der Waals surface area contributed by atoms with E-state index in [1.54, 1.807) is 42.5 Å². The zero-order valence-electron chi connectivity index (χ0n) is 13.3. The monoisotopic (exact) mass is 348 g/mol. The lowest BCUT2D eigenvalue weighted by molar-refractivity contribution is -0.118. The molecule has 0 aromatic heterocycles. The van der Waals surface area contributed by atoms with Crippen molar-refractivity contribution in [1.29, 1.82) is 0 Å². The highest BCUT2D eigenvalue weighted by atomic mass is 35.5. The number of carbonyl (C=O) groups is 2. The predicted molar refractivity (Wildman–Crippen MR) is 92.9 cm³/mol. The van der Waals surface area contributed by atoms with Crippen molar-refractivity contribution in [2.45, 2.75) is 6.92 Å². The Morgan fingerprint density at radius 1 is 1.08 bits per heavy atom. The first-order valence-corrected chi connectivity index (χ1v) is 7.49. The Bertz CT molecular complexity index is 749. The second-order valence-corrected chi connectivity index (χ2v) is 5.30. The molecule has 0 fully saturated rings. The van der Waals surface area contributed by atoms with Crippen molar-refractivity contribution in [3.05, 3.63) is 47.5 Å². The Morgan fingerprint density at radius 3 is 2.50 bits per heavy atom. The summed E-state index contributed by atoms with van der Waals surface area (Å²) in [5, 5.41) is 5.72. The van der Waals surface area contributed by atoms with Crippen molar-refractivity contribution in [2.24, 2.45) is 0 Å². The van der Waals surface area contributed by atoms with E-state index in [0.29, 0.717) is 27.9 Å². The van der Waals surface area contributed by atoms with E-state index >= 15 is 0 Å². The topological polar surface area (TPSA) is 76.7 Å². The molecular formula is C17H17ClN2O4. The molecule has 0 atom stereocenters. The summed E-state index contributed by atoms with van der Waals surface area (Å²) < 4.78 is 10.5. The highest BCUT2D eigenvalue weighted by molar-refractivity contribution is 6.32. The van der Waals surface area contributed by atoms with Gasteiger partial charge in [0.25, 0.3) is 5.91 Å². The van der Waals surface area contributed by atoms with Gasteiger partial charge in [-0.3, -0.25) is 9.59 Å². The van der Waals surface area contributed by atoms with Gasteiger partial charge in [0, 0.05) is 24.4 Å². The maximum atomic E-state index is 11.9. The molecule has 0 unspecified atom stereocenters. The highest BCUT2D eigenvalue weighted by Gasteiger charge is 2.07. The summed E-state index contributed by atoms with van der Waals surface area (Å²) >= 11 is 6.00. The molecule has 0 spiro atoms. The van der Waals surface area contributed by atoms with Crippen molar-refractivity contribution >= 4 is 34.8 Å². The number of carbonyl (C=O) groups excluding carboxylic acids is 2. The molecule has 0 bridgehead atoms. The zero-order chi connectivity index (χ0) is 17.5. The lowest BCUT2D eigenvalue weighted by Crippen LogP contribution is -2.20. The standard InChI is InChI=1S/C17H17ClN2O4/c1-11(21)19-12-4-3-5-14(8-12)24-10-17(22)20-13-6-7-16(23-2)15(18)9-13/h3-9H,10H2,1-2H3,(H,19,21)(H,20,22). The first-order valence-electron chi connectivity index (χ1n) is 7.12. The fraction of sp³-hybridized carbons (Fsp3) is 0.176. The van der Waals surface area contributed by atoms with E-state index in [9.17, 15) is 9.59 Å². The minimum absolute atomic E-state index is 0.173. The van der Waals surface area contributed by atoms with E-state index in [4.69, 9.17) is 21.1 Å². The van der Waals surface area contributed by atoms with Crippen LogP contribution in [0.15, 0.2) is 42.5 Å². The average molecular weight is 349 g/mol. The van der Waals surface area contributed by atoms with Crippen LogP contribution in [-0.4, -0.2) is 25.5 Å². The molecule has 6 nitrogen and oxygen atoms in total. The van der Waals surface area contributed by atoms with Crippen LogP contribution in [0.3, 0.4) is 0 Å². The summed E-state index contributed by atoms with van der Waals surface area (Å²) in [5.74, 6) is 0.493. The van der Waals surface area contributed by atoms with E-state index in [2.05, 4.69) is 10.6 Å². The molecule has 0 aliphatic rings. The van der Waals surface area contributed by atoms with E-state index in [-0.39, 0.29) is 18.4 Å². The summed E-state index contributed by atoms with van der Waals surface area (Å²) in [5.41, 5.74) is 1.14. The van der Waals surface area contributed by atoms with Crippen LogP contribution in [0.5, 0.6) is 11.5 Å². The molecule has 0 aliphatic carbocycles. The third-order valence-corrected chi connectivity index (χ3v) is 3.26. The molecule has 0 saturated carbocycles. The van der Waals surface area contributed by atoms with Gasteiger partial charge in [0.15, 0.2) is 6.61 Å². The molecule has 0 radical (unpaired) electrons. The molecule has 2 rings (SSSR count). The van der Waals surface area contributed by atoms with Crippen LogP contribution >= 0.6 is 11.6 Å². The highest BCUT2D eigenvalue weighted by Crippen LogP contribution is 2.27. The van der Waals surface area contributed by atoms with Crippen molar-refractivity contribution in [2.75, 3.05) is 24.4 Å². The van der Waals surface area contributed by atoms with Crippen LogP contribution in [0.1, 0.15) is 6.92 Å². The molecule has 2 N–H and O–H groups in total. The maximum Gasteiger partial charge on any atom is 0.262 e. The second kappa shape index (κ2) is 8.21. The fourth-order valence-corrected chi connectivity index (χ4v) is 2.21. The fourth-order valence-electron chi connectivity index (χ4n) is 1.96. The molecule has 126 valence electrons. The van der Waals surface area contributed by atoms with E-state index in [1.807, 2.05) is 0 Å². The van der Waals surface area contributed by atoms with Crippen molar-refractivity contribution < 1.29 is 19.1 Å². The van der Waals surface area contributed by atoms with Crippen molar-refractivity contribution in [3.8, 4) is 11.5 Å². The van der Waals surface area contributed by atoms with Gasteiger partial charge >= 0.3 is 0 Å². The first kappa shape index (κ1) is 17.6. The molecule has 0 saturated heterocycles. The minimum Gasteiger partial charge on any atom is -0.495 e.